The van der Waals surface area contributed by atoms with E-state index in [1.54, 1.807) is 6.08 Å². The molecule has 6 heavy (non-hydrogen) atoms. The molecule has 0 fully saturated rings. The number of hydrogen-bond donors (Lipinski definition) is 0. The van der Waals surface area contributed by atoms with Crippen LogP contribution in [0.1, 0.15) is 6.42 Å². The van der Waals surface area contributed by atoms with Crippen molar-refractivity contribution in [2.24, 2.45) is 0 Å². The zero-order valence-electron chi connectivity index (χ0n) is 3.10. The highest BCUT2D eigenvalue weighted by atomic mass is 16.4. The van der Waals surface area contributed by atoms with Gasteiger partial charge in [-0.1, -0.05) is 6.08 Å². The fourth-order valence-corrected chi connectivity index (χ4v) is 0.218. The lowest BCUT2D eigenvalue weighted by molar-refractivity contribution is -0.298. The molecule has 2 nitrogen and oxygen atoms in total. The van der Waals surface area contributed by atoms with E-state index in [0.717, 1.165) is 0 Å². The number of carboxylic acids is 1. The fraction of sp³-hybridized carbons (Fsp3) is 0.250. The molecular weight excluding hydrogens is 80.0 g/mol. The summed E-state index contributed by atoms with van der Waals surface area (Å²) in [5.74, 6) is -1.02. The molecule has 0 aromatic rings. The van der Waals surface area contributed by atoms with Crippen LogP contribution in [-0.4, -0.2) is 5.97 Å². The Labute approximate surface area is 35.1 Å². The molecule has 0 radical (unpaired) electrons. The standard InChI is InChI=1S/C4H4O2/c5-4(6)3-1-2-3/h1H,2H2,(H,5,6)/p-1. The van der Waals surface area contributed by atoms with Gasteiger partial charge in [0, 0.05) is 0 Å². The second kappa shape index (κ2) is 0.834. The summed E-state index contributed by atoms with van der Waals surface area (Å²) in [4.78, 5) is 9.58. The van der Waals surface area contributed by atoms with Gasteiger partial charge in [0.05, 0.1) is 5.97 Å². The molecule has 0 aromatic heterocycles. The molecule has 2 heteroatoms. The predicted octanol–water partition coefficient (Wildman–Crippen LogP) is -0.934. The third kappa shape index (κ3) is 0.407. The van der Waals surface area contributed by atoms with Gasteiger partial charge in [-0.25, -0.2) is 0 Å². The number of carbonyl (C=O) groups excluding carboxylic acids is 1. The largest absolute Gasteiger partial charge is 0.545 e. The van der Waals surface area contributed by atoms with Crippen LogP contribution in [0.2, 0.25) is 0 Å². The maximum absolute atomic E-state index is 9.58. The van der Waals surface area contributed by atoms with Crippen LogP contribution in [0.4, 0.5) is 0 Å². The van der Waals surface area contributed by atoms with E-state index in [9.17, 15) is 9.90 Å². The minimum absolute atomic E-state index is 0.440. The molecule has 0 saturated heterocycles. The molecule has 0 amide bonds. The van der Waals surface area contributed by atoms with Gasteiger partial charge in [0.2, 0.25) is 0 Å². The first-order valence-corrected chi connectivity index (χ1v) is 1.71. The van der Waals surface area contributed by atoms with Crippen LogP contribution in [0.5, 0.6) is 0 Å². The topological polar surface area (TPSA) is 40.1 Å². The maximum atomic E-state index is 9.58. The number of hydrogen-bond acceptors (Lipinski definition) is 2. The van der Waals surface area contributed by atoms with Crippen LogP contribution in [0.15, 0.2) is 11.6 Å². The Balaban J connectivity index is 2.52. The van der Waals surface area contributed by atoms with Gasteiger partial charge in [-0.2, -0.15) is 0 Å². The lowest BCUT2D eigenvalue weighted by Crippen LogP contribution is -2.20. The third-order valence-electron chi connectivity index (χ3n) is 0.670. The van der Waals surface area contributed by atoms with E-state index in [-0.39, 0.29) is 0 Å². The predicted molar refractivity (Wildman–Crippen MR) is 17.7 cm³/mol. The van der Waals surface area contributed by atoms with Gasteiger partial charge in [-0.3, -0.25) is 0 Å². The number of rotatable bonds is 1. The van der Waals surface area contributed by atoms with Crippen LogP contribution in [0, 0.1) is 0 Å². The Morgan fingerprint density at radius 3 is 2.50 bits per heavy atom. The number of carboxylic acid groups (broad SMARTS) is 1. The van der Waals surface area contributed by atoms with Crippen molar-refractivity contribution in [3.63, 3.8) is 0 Å². The molecule has 0 spiro atoms. The Kier molecular flexibility index (Phi) is 0.473. The molecular formula is C4H3O2-. The Morgan fingerprint density at radius 1 is 2.00 bits per heavy atom. The Bertz CT molecular complexity index is 113. The molecule has 1 aliphatic rings. The lowest BCUT2D eigenvalue weighted by Gasteiger charge is -1.86. The average molecular weight is 83.1 g/mol. The van der Waals surface area contributed by atoms with Crippen LogP contribution >= 0.6 is 0 Å². The van der Waals surface area contributed by atoms with Gasteiger partial charge in [0.15, 0.2) is 0 Å². The van der Waals surface area contributed by atoms with E-state index in [4.69, 9.17) is 0 Å². The summed E-state index contributed by atoms with van der Waals surface area (Å²) in [6, 6.07) is 0. The monoisotopic (exact) mass is 83.0 g/mol. The fourth-order valence-electron chi connectivity index (χ4n) is 0.218. The van der Waals surface area contributed by atoms with Crippen molar-refractivity contribution in [2.75, 3.05) is 0 Å². The van der Waals surface area contributed by atoms with Crippen LogP contribution in [0.25, 0.3) is 0 Å². The first kappa shape index (κ1) is 3.40. The van der Waals surface area contributed by atoms with Crippen molar-refractivity contribution in [3.05, 3.63) is 11.6 Å². The summed E-state index contributed by atoms with van der Waals surface area (Å²) in [5.41, 5.74) is 0.440. The highest BCUT2D eigenvalue weighted by molar-refractivity contribution is 5.89. The normalized spacial score (nSPS) is 16.3. The van der Waals surface area contributed by atoms with Crippen molar-refractivity contribution in [1.82, 2.24) is 0 Å². The smallest absolute Gasteiger partial charge is 0.0674 e. The number of carbonyl (C=O) groups is 1. The van der Waals surface area contributed by atoms with E-state index in [0.29, 0.717) is 12.0 Å². The van der Waals surface area contributed by atoms with E-state index in [1.165, 1.54) is 0 Å². The molecule has 0 aliphatic heterocycles. The summed E-state index contributed by atoms with van der Waals surface area (Å²) >= 11 is 0. The summed E-state index contributed by atoms with van der Waals surface area (Å²) in [7, 11) is 0. The molecule has 0 saturated carbocycles. The highest BCUT2D eigenvalue weighted by Crippen LogP contribution is 2.15. The van der Waals surface area contributed by atoms with E-state index in [2.05, 4.69) is 0 Å². The highest BCUT2D eigenvalue weighted by Gasteiger charge is 2.05. The van der Waals surface area contributed by atoms with Gasteiger partial charge in [-0.15, -0.1) is 0 Å². The van der Waals surface area contributed by atoms with Gasteiger partial charge >= 0.3 is 0 Å². The summed E-state index contributed by atoms with van der Waals surface area (Å²) in [6.07, 6.45) is 2.25. The maximum Gasteiger partial charge on any atom is 0.0674 e. The van der Waals surface area contributed by atoms with E-state index in [1.807, 2.05) is 0 Å². The zero-order chi connectivity index (χ0) is 4.57. The average Bonchev–Trinajstić information content (AvgIpc) is 2.06. The van der Waals surface area contributed by atoms with Crippen molar-refractivity contribution in [2.45, 2.75) is 6.42 Å². The molecule has 0 atom stereocenters. The van der Waals surface area contributed by atoms with Crippen molar-refractivity contribution in [1.29, 1.82) is 0 Å². The first-order valence-electron chi connectivity index (χ1n) is 1.71. The second-order valence-corrected chi connectivity index (χ2v) is 1.22. The molecule has 0 unspecified atom stereocenters. The van der Waals surface area contributed by atoms with Crippen LogP contribution in [0.3, 0.4) is 0 Å². The minimum Gasteiger partial charge on any atom is -0.545 e. The van der Waals surface area contributed by atoms with E-state index < -0.39 is 5.97 Å². The molecule has 1 rings (SSSR count). The van der Waals surface area contributed by atoms with Gasteiger partial charge < -0.3 is 9.90 Å². The minimum atomic E-state index is -1.02. The second-order valence-electron chi connectivity index (χ2n) is 1.22. The SMILES string of the molecule is O=C([O-])C1=CC1. The van der Waals surface area contributed by atoms with Gasteiger partial charge in [0.1, 0.15) is 0 Å². The molecule has 0 heterocycles. The van der Waals surface area contributed by atoms with E-state index >= 15 is 0 Å². The summed E-state index contributed by atoms with van der Waals surface area (Å²) in [5, 5.41) is 9.58. The third-order valence-corrected chi connectivity index (χ3v) is 0.670. The Hall–Kier alpha value is -0.790. The number of allylic oxidation sites excluding steroid dienone is 1. The summed E-state index contributed by atoms with van der Waals surface area (Å²) in [6.45, 7) is 0. The molecule has 0 aromatic carbocycles. The Morgan fingerprint density at radius 2 is 2.50 bits per heavy atom. The number of aliphatic carboxylic acids is 1. The van der Waals surface area contributed by atoms with Crippen LogP contribution in [-0.2, 0) is 4.79 Å². The van der Waals surface area contributed by atoms with Crippen molar-refractivity contribution in [3.8, 4) is 0 Å². The van der Waals surface area contributed by atoms with Crippen molar-refractivity contribution < 1.29 is 9.90 Å². The molecule has 0 N–H and O–H groups in total. The molecule has 32 valence electrons. The lowest BCUT2D eigenvalue weighted by atomic mass is 10.5. The molecule has 1 aliphatic carbocycles. The quantitative estimate of drug-likeness (QED) is 0.410. The first-order chi connectivity index (χ1) is 2.80. The zero-order valence-corrected chi connectivity index (χ0v) is 3.10. The van der Waals surface area contributed by atoms with Gasteiger partial charge in [0.25, 0.3) is 0 Å². The summed E-state index contributed by atoms with van der Waals surface area (Å²) < 4.78 is 0. The molecule has 0 bridgehead atoms. The van der Waals surface area contributed by atoms with Crippen LogP contribution < -0.4 is 5.11 Å². The van der Waals surface area contributed by atoms with Crippen molar-refractivity contribution >= 4 is 5.97 Å². The van der Waals surface area contributed by atoms with Gasteiger partial charge in [-0.05, 0) is 12.0 Å².